The van der Waals surface area contributed by atoms with E-state index in [4.69, 9.17) is 5.11 Å². The van der Waals surface area contributed by atoms with Gasteiger partial charge in [0.25, 0.3) is 5.91 Å². The highest BCUT2D eigenvalue weighted by molar-refractivity contribution is 9.10. The molecule has 0 saturated carbocycles. The zero-order valence-electron chi connectivity index (χ0n) is 10.1. The van der Waals surface area contributed by atoms with Crippen LogP contribution in [0.15, 0.2) is 22.7 Å². The lowest BCUT2D eigenvalue weighted by Crippen LogP contribution is -2.41. The first kappa shape index (κ1) is 15.5. The van der Waals surface area contributed by atoms with Crippen LogP contribution in [0.2, 0.25) is 0 Å². The number of hydrogen-bond acceptors (Lipinski definition) is 3. The third kappa shape index (κ3) is 3.96. The van der Waals surface area contributed by atoms with Crippen molar-refractivity contribution in [2.75, 3.05) is 12.9 Å². The Kier molecular flexibility index (Phi) is 6.11. The van der Waals surface area contributed by atoms with Gasteiger partial charge >= 0.3 is 0 Å². The molecule has 0 heterocycles. The summed E-state index contributed by atoms with van der Waals surface area (Å²) in [5.41, 5.74) is -0.00554. The summed E-state index contributed by atoms with van der Waals surface area (Å²) < 4.78 is 14.1. The molecule has 1 rings (SSSR count). The topological polar surface area (TPSA) is 49.3 Å². The number of carbonyl (C=O) groups is 1. The number of nitrogens with one attached hydrogen (secondary N) is 1. The molecule has 6 heteroatoms. The Hall–Kier alpha value is -0.590. The summed E-state index contributed by atoms with van der Waals surface area (Å²) in [5.74, 6) is -1.04. The molecule has 2 N–H and O–H groups in total. The standard InChI is InChI=1S/C12H15BrFNO2S/c1-7(11(6-16)18-2)15-12(17)9-5-8(13)3-4-10(9)14/h3-5,7,11,16H,6H2,1-2H3,(H,15,17). The van der Waals surface area contributed by atoms with Crippen molar-refractivity contribution in [2.45, 2.75) is 18.2 Å². The van der Waals surface area contributed by atoms with Crippen molar-refractivity contribution < 1.29 is 14.3 Å². The normalized spacial score (nSPS) is 14.1. The monoisotopic (exact) mass is 335 g/mol. The fourth-order valence-corrected chi connectivity index (χ4v) is 2.47. The van der Waals surface area contributed by atoms with E-state index >= 15 is 0 Å². The Morgan fingerprint density at radius 2 is 2.28 bits per heavy atom. The van der Waals surface area contributed by atoms with Crippen LogP contribution < -0.4 is 5.32 Å². The first-order valence-corrected chi connectivity index (χ1v) is 7.47. The lowest BCUT2D eigenvalue weighted by Gasteiger charge is -2.21. The number of aliphatic hydroxyl groups is 1. The van der Waals surface area contributed by atoms with Crippen molar-refractivity contribution in [3.05, 3.63) is 34.1 Å². The zero-order valence-corrected chi connectivity index (χ0v) is 12.5. The molecule has 2 atom stereocenters. The Morgan fingerprint density at radius 3 is 2.83 bits per heavy atom. The maximum absolute atomic E-state index is 13.5. The van der Waals surface area contributed by atoms with E-state index in [-0.39, 0.29) is 23.5 Å². The van der Waals surface area contributed by atoms with Gasteiger partial charge in [-0.15, -0.1) is 0 Å². The Bertz CT molecular complexity index is 427. The Balaban J connectivity index is 2.79. The summed E-state index contributed by atoms with van der Waals surface area (Å²) >= 11 is 4.65. The lowest BCUT2D eigenvalue weighted by molar-refractivity contribution is 0.0932. The second-order valence-corrected chi connectivity index (χ2v) is 5.84. The molecule has 100 valence electrons. The minimum absolute atomic E-state index is 0.00554. The molecule has 0 aliphatic heterocycles. The highest BCUT2D eigenvalue weighted by Crippen LogP contribution is 2.16. The first-order chi connectivity index (χ1) is 8.49. The minimum Gasteiger partial charge on any atom is -0.395 e. The van der Waals surface area contributed by atoms with Crippen LogP contribution in [0, 0.1) is 5.82 Å². The van der Waals surface area contributed by atoms with E-state index < -0.39 is 11.7 Å². The van der Waals surface area contributed by atoms with Crippen LogP contribution in [-0.4, -0.2) is 35.2 Å². The molecule has 18 heavy (non-hydrogen) atoms. The van der Waals surface area contributed by atoms with Crippen molar-refractivity contribution in [3.8, 4) is 0 Å². The minimum atomic E-state index is -0.562. The van der Waals surface area contributed by atoms with Crippen LogP contribution >= 0.6 is 27.7 Å². The molecule has 0 aliphatic carbocycles. The van der Waals surface area contributed by atoms with E-state index in [1.807, 2.05) is 6.26 Å². The van der Waals surface area contributed by atoms with Gasteiger partial charge in [-0.25, -0.2) is 4.39 Å². The van der Waals surface area contributed by atoms with E-state index in [0.29, 0.717) is 4.47 Å². The lowest BCUT2D eigenvalue weighted by atomic mass is 10.1. The van der Waals surface area contributed by atoms with Gasteiger partial charge in [-0.1, -0.05) is 15.9 Å². The van der Waals surface area contributed by atoms with Gasteiger partial charge in [-0.3, -0.25) is 4.79 Å². The fraction of sp³-hybridized carbons (Fsp3) is 0.417. The predicted molar refractivity (Wildman–Crippen MR) is 75.4 cm³/mol. The quantitative estimate of drug-likeness (QED) is 0.868. The zero-order chi connectivity index (χ0) is 13.7. The van der Waals surface area contributed by atoms with Gasteiger partial charge in [0, 0.05) is 15.8 Å². The maximum atomic E-state index is 13.5. The van der Waals surface area contributed by atoms with Gasteiger partial charge in [0.1, 0.15) is 5.82 Å². The molecule has 1 aromatic carbocycles. The van der Waals surface area contributed by atoms with Crippen molar-refractivity contribution in [3.63, 3.8) is 0 Å². The second kappa shape index (κ2) is 7.11. The number of halogens is 2. The van der Waals surface area contributed by atoms with Crippen LogP contribution in [-0.2, 0) is 0 Å². The molecular formula is C12H15BrFNO2S. The number of thioether (sulfide) groups is 1. The van der Waals surface area contributed by atoms with Gasteiger partial charge < -0.3 is 10.4 Å². The van der Waals surface area contributed by atoms with E-state index in [1.165, 1.54) is 30.0 Å². The SMILES string of the molecule is CSC(CO)C(C)NC(=O)c1cc(Br)ccc1F. The summed E-state index contributed by atoms with van der Waals surface area (Å²) in [7, 11) is 0. The average Bonchev–Trinajstić information content (AvgIpc) is 2.33. The van der Waals surface area contributed by atoms with Gasteiger partial charge in [0.2, 0.25) is 0 Å². The summed E-state index contributed by atoms with van der Waals surface area (Å²) in [6, 6.07) is 3.97. The first-order valence-electron chi connectivity index (χ1n) is 5.39. The summed E-state index contributed by atoms with van der Waals surface area (Å²) in [5, 5.41) is 11.7. The van der Waals surface area contributed by atoms with Crippen LogP contribution in [0.3, 0.4) is 0 Å². The predicted octanol–water partition coefficient (Wildman–Crippen LogP) is 2.43. The van der Waals surface area contributed by atoms with Crippen LogP contribution in [0.25, 0.3) is 0 Å². The molecule has 2 unspecified atom stereocenters. The average molecular weight is 336 g/mol. The third-order valence-corrected chi connectivity index (χ3v) is 4.23. The number of carbonyl (C=O) groups excluding carboxylic acids is 1. The molecule has 3 nitrogen and oxygen atoms in total. The molecule has 1 amide bonds. The molecular weight excluding hydrogens is 321 g/mol. The van der Waals surface area contributed by atoms with E-state index in [0.717, 1.165) is 0 Å². The molecule has 1 aromatic rings. The summed E-state index contributed by atoms with van der Waals surface area (Å²) in [6.07, 6.45) is 1.85. The van der Waals surface area contributed by atoms with Gasteiger partial charge in [0.05, 0.1) is 12.2 Å². The maximum Gasteiger partial charge on any atom is 0.254 e. The van der Waals surface area contributed by atoms with Gasteiger partial charge in [-0.05, 0) is 31.4 Å². The Morgan fingerprint density at radius 1 is 1.61 bits per heavy atom. The van der Waals surface area contributed by atoms with E-state index in [1.54, 1.807) is 6.92 Å². The largest absolute Gasteiger partial charge is 0.395 e. The highest BCUT2D eigenvalue weighted by Gasteiger charge is 2.20. The van der Waals surface area contributed by atoms with Crippen molar-refractivity contribution in [2.24, 2.45) is 0 Å². The number of amides is 1. The van der Waals surface area contributed by atoms with Crippen molar-refractivity contribution in [1.82, 2.24) is 5.32 Å². The summed E-state index contributed by atoms with van der Waals surface area (Å²) in [4.78, 5) is 11.9. The number of rotatable bonds is 5. The van der Waals surface area contributed by atoms with Gasteiger partial charge in [-0.2, -0.15) is 11.8 Å². The number of benzene rings is 1. The van der Waals surface area contributed by atoms with Crippen LogP contribution in [0.4, 0.5) is 4.39 Å². The van der Waals surface area contributed by atoms with Crippen LogP contribution in [0.5, 0.6) is 0 Å². The molecule has 0 bridgehead atoms. The Labute approximate surface area is 118 Å². The smallest absolute Gasteiger partial charge is 0.254 e. The highest BCUT2D eigenvalue weighted by atomic mass is 79.9. The van der Waals surface area contributed by atoms with Crippen molar-refractivity contribution >= 4 is 33.6 Å². The molecule has 0 spiro atoms. The molecule has 0 radical (unpaired) electrons. The molecule has 0 aliphatic rings. The van der Waals surface area contributed by atoms with Crippen molar-refractivity contribution in [1.29, 1.82) is 0 Å². The molecule has 0 fully saturated rings. The molecule has 0 saturated heterocycles. The fourth-order valence-electron chi connectivity index (χ4n) is 1.49. The molecule has 0 aromatic heterocycles. The number of hydrogen-bond donors (Lipinski definition) is 2. The third-order valence-electron chi connectivity index (χ3n) is 2.57. The second-order valence-electron chi connectivity index (χ2n) is 3.84. The summed E-state index contributed by atoms with van der Waals surface area (Å²) in [6.45, 7) is 1.74. The van der Waals surface area contributed by atoms with E-state index in [2.05, 4.69) is 21.2 Å². The van der Waals surface area contributed by atoms with E-state index in [9.17, 15) is 9.18 Å². The number of aliphatic hydroxyl groups excluding tert-OH is 1. The van der Waals surface area contributed by atoms with Crippen LogP contribution in [0.1, 0.15) is 17.3 Å². The van der Waals surface area contributed by atoms with Gasteiger partial charge in [0.15, 0.2) is 0 Å².